The Balaban J connectivity index is 2.07. The summed E-state index contributed by atoms with van der Waals surface area (Å²) in [6.45, 7) is 0.339. The fraction of sp³-hybridized carbons (Fsp3) is 0.154. The fourth-order valence-electron chi connectivity index (χ4n) is 1.77. The zero-order valence-electron chi connectivity index (χ0n) is 10.7. The van der Waals surface area contributed by atoms with Crippen molar-refractivity contribution in [2.24, 2.45) is 0 Å². The Bertz CT molecular complexity index is 633. The molecule has 0 saturated heterocycles. The quantitative estimate of drug-likeness (QED) is 0.657. The SMILES string of the molecule is CN(Cc1ccc(O)cc1)C(=O)c1ccc([N+](=O)[O-])[nH]1. The van der Waals surface area contributed by atoms with E-state index in [1.807, 2.05) is 0 Å². The van der Waals surface area contributed by atoms with E-state index in [4.69, 9.17) is 0 Å². The molecular formula is C13H13N3O4. The maximum Gasteiger partial charge on any atom is 0.321 e. The maximum atomic E-state index is 12.1. The van der Waals surface area contributed by atoms with Crippen LogP contribution in [0.3, 0.4) is 0 Å². The number of phenolic OH excluding ortho intramolecular Hbond substituents is 1. The molecule has 2 N–H and O–H groups in total. The number of carbonyl (C=O) groups excluding carboxylic acids is 1. The molecular weight excluding hydrogens is 262 g/mol. The van der Waals surface area contributed by atoms with Crippen LogP contribution in [0.15, 0.2) is 36.4 Å². The number of aromatic hydroxyl groups is 1. The van der Waals surface area contributed by atoms with Crippen molar-refractivity contribution in [2.75, 3.05) is 7.05 Å². The van der Waals surface area contributed by atoms with Crippen molar-refractivity contribution in [2.45, 2.75) is 6.54 Å². The molecule has 0 spiro atoms. The van der Waals surface area contributed by atoms with Crippen molar-refractivity contribution >= 4 is 11.7 Å². The second-order valence-electron chi connectivity index (χ2n) is 4.34. The summed E-state index contributed by atoms with van der Waals surface area (Å²) in [6, 6.07) is 9.11. The summed E-state index contributed by atoms with van der Waals surface area (Å²) < 4.78 is 0. The minimum atomic E-state index is -0.587. The molecule has 2 aromatic rings. The lowest BCUT2D eigenvalue weighted by Gasteiger charge is -2.15. The number of H-pyrrole nitrogens is 1. The third-order valence-electron chi connectivity index (χ3n) is 2.80. The molecule has 0 aliphatic rings. The van der Waals surface area contributed by atoms with Gasteiger partial charge in [0, 0.05) is 19.7 Å². The van der Waals surface area contributed by atoms with E-state index in [0.29, 0.717) is 6.54 Å². The van der Waals surface area contributed by atoms with E-state index in [9.17, 15) is 20.0 Å². The molecule has 0 fully saturated rings. The van der Waals surface area contributed by atoms with Crippen molar-refractivity contribution < 1.29 is 14.8 Å². The van der Waals surface area contributed by atoms with Gasteiger partial charge < -0.3 is 20.1 Å². The van der Waals surface area contributed by atoms with Gasteiger partial charge in [-0.1, -0.05) is 12.1 Å². The lowest BCUT2D eigenvalue weighted by atomic mass is 10.2. The van der Waals surface area contributed by atoms with Gasteiger partial charge in [0.2, 0.25) is 0 Å². The molecule has 7 heteroatoms. The van der Waals surface area contributed by atoms with Gasteiger partial charge in [-0.05, 0) is 28.7 Å². The van der Waals surface area contributed by atoms with E-state index in [-0.39, 0.29) is 23.2 Å². The number of carbonyl (C=O) groups is 1. The first-order valence-electron chi connectivity index (χ1n) is 5.84. The molecule has 2 rings (SSSR count). The van der Waals surface area contributed by atoms with E-state index >= 15 is 0 Å². The van der Waals surface area contributed by atoms with Gasteiger partial charge in [0.05, 0.1) is 0 Å². The molecule has 7 nitrogen and oxygen atoms in total. The third kappa shape index (κ3) is 2.94. The standard InChI is InChI=1S/C13H13N3O4/c1-15(8-9-2-4-10(17)5-3-9)13(18)11-6-7-12(14-11)16(19)20/h2-7,14,17H,8H2,1H3. The third-order valence-corrected chi connectivity index (χ3v) is 2.80. The van der Waals surface area contributed by atoms with Crippen LogP contribution >= 0.6 is 0 Å². The van der Waals surface area contributed by atoms with Crippen LogP contribution in [0, 0.1) is 10.1 Å². The van der Waals surface area contributed by atoms with Gasteiger partial charge in [-0.25, -0.2) is 4.98 Å². The molecule has 1 heterocycles. The number of aromatic nitrogens is 1. The summed E-state index contributed by atoms with van der Waals surface area (Å²) in [7, 11) is 1.60. The fourth-order valence-corrected chi connectivity index (χ4v) is 1.77. The Hall–Kier alpha value is -2.83. The molecule has 104 valence electrons. The van der Waals surface area contributed by atoms with Crippen molar-refractivity contribution in [3.8, 4) is 5.75 Å². The van der Waals surface area contributed by atoms with Crippen LogP contribution in [-0.2, 0) is 6.54 Å². The Morgan fingerprint density at radius 1 is 1.30 bits per heavy atom. The molecule has 1 aromatic heterocycles. The van der Waals surface area contributed by atoms with Crippen molar-refractivity contribution in [3.05, 3.63) is 57.8 Å². The zero-order valence-corrected chi connectivity index (χ0v) is 10.7. The average Bonchev–Trinajstić information content (AvgIpc) is 2.90. The van der Waals surface area contributed by atoms with Crippen LogP contribution in [-0.4, -0.2) is 32.9 Å². The van der Waals surface area contributed by atoms with E-state index < -0.39 is 4.92 Å². The van der Waals surface area contributed by atoms with Crippen molar-refractivity contribution in [1.29, 1.82) is 0 Å². The van der Waals surface area contributed by atoms with Crippen molar-refractivity contribution in [1.82, 2.24) is 9.88 Å². The number of nitrogens with one attached hydrogen (secondary N) is 1. The zero-order chi connectivity index (χ0) is 14.7. The van der Waals surface area contributed by atoms with Gasteiger partial charge in [-0.3, -0.25) is 4.79 Å². The molecule has 0 unspecified atom stereocenters. The molecule has 20 heavy (non-hydrogen) atoms. The Morgan fingerprint density at radius 2 is 1.95 bits per heavy atom. The highest BCUT2D eigenvalue weighted by atomic mass is 16.6. The number of hydrogen-bond donors (Lipinski definition) is 2. The summed E-state index contributed by atoms with van der Waals surface area (Å²) in [4.78, 5) is 25.9. The number of hydrogen-bond acceptors (Lipinski definition) is 4. The monoisotopic (exact) mass is 275 g/mol. The van der Waals surface area contributed by atoms with E-state index in [1.54, 1.807) is 19.2 Å². The van der Waals surface area contributed by atoms with Crippen LogP contribution in [0.5, 0.6) is 5.75 Å². The lowest BCUT2D eigenvalue weighted by Crippen LogP contribution is -2.26. The predicted molar refractivity (Wildman–Crippen MR) is 71.4 cm³/mol. The van der Waals surface area contributed by atoms with Crippen LogP contribution in [0.2, 0.25) is 0 Å². The Labute approximate surface area is 114 Å². The minimum Gasteiger partial charge on any atom is -0.508 e. The van der Waals surface area contributed by atoms with Gasteiger partial charge in [0.15, 0.2) is 5.69 Å². The van der Waals surface area contributed by atoms with Crippen molar-refractivity contribution in [3.63, 3.8) is 0 Å². The Kier molecular flexibility index (Phi) is 3.69. The van der Waals surface area contributed by atoms with Gasteiger partial charge >= 0.3 is 5.82 Å². The highest BCUT2D eigenvalue weighted by molar-refractivity contribution is 5.92. The molecule has 0 saturated carbocycles. The largest absolute Gasteiger partial charge is 0.508 e. The first-order valence-corrected chi connectivity index (χ1v) is 5.84. The van der Waals surface area contributed by atoms with E-state index in [0.717, 1.165) is 5.56 Å². The normalized spacial score (nSPS) is 10.2. The highest BCUT2D eigenvalue weighted by Crippen LogP contribution is 2.14. The summed E-state index contributed by atoms with van der Waals surface area (Å²) in [5.41, 5.74) is 1.01. The molecule has 0 aliphatic carbocycles. The maximum absolute atomic E-state index is 12.1. The summed E-state index contributed by atoms with van der Waals surface area (Å²) in [5.74, 6) is -0.403. The highest BCUT2D eigenvalue weighted by Gasteiger charge is 2.19. The number of benzene rings is 1. The topological polar surface area (TPSA) is 99.5 Å². The number of amides is 1. The average molecular weight is 275 g/mol. The van der Waals surface area contributed by atoms with Crippen LogP contribution in [0.1, 0.15) is 16.1 Å². The summed E-state index contributed by atoms with van der Waals surface area (Å²) in [5, 5.41) is 19.7. The summed E-state index contributed by atoms with van der Waals surface area (Å²) in [6.07, 6.45) is 0. The van der Waals surface area contributed by atoms with Crippen LogP contribution < -0.4 is 0 Å². The molecule has 0 atom stereocenters. The molecule has 0 bridgehead atoms. The van der Waals surface area contributed by atoms with Gasteiger partial charge in [-0.15, -0.1) is 0 Å². The van der Waals surface area contributed by atoms with Gasteiger partial charge in [0.25, 0.3) is 5.91 Å². The number of phenols is 1. The Morgan fingerprint density at radius 3 is 2.50 bits per heavy atom. The van der Waals surface area contributed by atoms with Gasteiger partial charge in [-0.2, -0.15) is 0 Å². The minimum absolute atomic E-state index is 0.155. The lowest BCUT2D eigenvalue weighted by molar-refractivity contribution is -0.389. The smallest absolute Gasteiger partial charge is 0.321 e. The van der Waals surface area contributed by atoms with E-state index in [2.05, 4.69) is 4.98 Å². The second kappa shape index (κ2) is 5.43. The summed E-state index contributed by atoms with van der Waals surface area (Å²) >= 11 is 0. The van der Waals surface area contributed by atoms with Gasteiger partial charge in [0.1, 0.15) is 5.75 Å². The van der Waals surface area contributed by atoms with Crippen LogP contribution in [0.4, 0.5) is 5.82 Å². The number of nitro groups is 1. The number of nitrogens with zero attached hydrogens (tertiary/aromatic N) is 2. The molecule has 1 amide bonds. The second-order valence-corrected chi connectivity index (χ2v) is 4.34. The molecule has 0 radical (unpaired) electrons. The molecule has 1 aromatic carbocycles. The number of aromatic amines is 1. The predicted octanol–water partition coefficient (Wildman–Crippen LogP) is 1.90. The number of rotatable bonds is 4. The first kappa shape index (κ1) is 13.6. The first-order chi connectivity index (χ1) is 9.47. The van der Waals surface area contributed by atoms with E-state index in [1.165, 1.54) is 29.2 Å². The molecule has 0 aliphatic heterocycles. The van der Waals surface area contributed by atoms with Crippen LogP contribution in [0.25, 0.3) is 0 Å².